The van der Waals surface area contributed by atoms with E-state index < -0.39 is 0 Å². The summed E-state index contributed by atoms with van der Waals surface area (Å²) in [5.41, 5.74) is 3.55. The summed E-state index contributed by atoms with van der Waals surface area (Å²) in [6, 6.07) is 6.76. The molecule has 102 valence electrons. The van der Waals surface area contributed by atoms with Crippen LogP contribution in [0.2, 0.25) is 0 Å². The molecule has 0 amide bonds. The van der Waals surface area contributed by atoms with Gasteiger partial charge in [0.2, 0.25) is 0 Å². The molecule has 0 bridgehead atoms. The molecule has 1 aromatic carbocycles. The maximum Gasteiger partial charge on any atom is 0.126 e. The Kier molecular flexibility index (Phi) is 3.82. The summed E-state index contributed by atoms with van der Waals surface area (Å²) in [4.78, 5) is 2.23. The van der Waals surface area contributed by atoms with E-state index in [1.54, 1.807) is 7.11 Å². The van der Waals surface area contributed by atoms with Gasteiger partial charge in [0.1, 0.15) is 5.75 Å². The fraction of sp³-hybridized carbons (Fsp3) is 0.562. The molecule has 1 aromatic rings. The molecule has 1 saturated carbocycles. The van der Waals surface area contributed by atoms with Crippen molar-refractivity contribution in [2.45, 2.75) is 33.2 Å². The van der Waals surface area contributed by atoms with Crippen LogP contribution >= 0.6 is 0 Å². The lowest BCUT2D eigenvalue weighted by Crippen LogP contribution is -2.26. The largest absolute Gasteiger partial charge is 0.496 e. The Morgan fingerprint density at radius 1 is 1.37 bits per heavy atom. The van der Waals surface area contributed by atoms with Crippen LogP contribution in [0.4, 0.5) is 0 Å². The van der Waals surface area contributed by atoms with Crippen LogP contribution in [0.5, 0.6) is 5.75 Å². The van der Waals surface area contributed by atoms with Crippen LogP contribution in [-0.2, 0) is 6.54 Å². The van der Waals surface area contributed by atoms with Crippen LogP contribution in [-0.4, -0.2) is 25.6 Å². The number of aryl methyl sites for hydroxylation is 2. The summed E-state index contributed by atoms with van der Waals surface area (Å²) in [6.07, 6.45) is 2.08. The zero-order valence-electron chi connectivity index (χ0n) is 12.3. The molecule has 2 rings (SSSR count). The van der Waals surface area contributed by atoms with Crippen molar-refractivity contribution in [2.24, 2.45) is 5.41 Å². The molecular formula is C16H22N2O. The first-order chi connectivity index (χ1) is 8.99. The molecule has 3 heteroatoms. The number of benzene rings is 1. The molecule has 0 heterocycles. The summed E-state index contributed by atoms with van der Waals surface area (Å²) >= 11 is 0. The molecule has 3 nitrogen and oxygen atoms in total. The number of hydrogen-bond acceptors (Lipinski definition) is 3. The SMILES string of the molecule is COc1c(C)cc(C)cc1CN(C)CC1(C#N)CC1. The van der Waals surface area contributed by atoms with E-state index in [-0.39, 0.29) is 5.41 Å². The molecule has 0 radical (unpaired) electrons. The normalized spacial score (nSPS) is 16.2. The van der Waals surface area contributed by atoms with Crippen LogP contribution in [0.15, 0.2) is 12.1 Å². The molecule has 0 aliphatic heterocycles. The van der Waals surface area contributed by atoms with Crippen molar-refractivity contribution in [3.05, 3.63) is 28.8 Å². The first kappa shape index (κ1) is 13.9. The topological polar surface area (TPSA) is 36.3 Å². The standard InChI is InChI=1S/C16H22N2O/c1-12-7-13(2)15(19-4)14(8-12)9-18(3)11-16(10-17)5-6-16/h7-8H,5-6,9,11H2,1-4H3. The van der Waals surface area contributed by atoms with Gasteiger partial charge >= 0.3 is 0 Å². The van der Waals surface area contributed by atoms with Gasteiger partial charge in [-0.05, 0) is 39.3 Å². The van der Waals surface area contributed by atoms with Crippen molar-refractivity contribution in [1.82, 2.24) is 4.90 Å². The summed E-state index contributed by atoms with van der Waals surface area (Å²) in [5, 5.41) is 9.16. The second kappa shape index (κ2) is 5.22. The van der Waals surface area contributed by atoms with Gasteiger partial charge in [0.15, 0.2) is 0 Å². The average molecular weight is 258 g/mol. The molecule has 1 aliphatic carbocycles. The van der Waals surface area contributed by atoms with E-state index in [0.29, 0.717) is 0 Å². The highest BCUT2D eigenvalue weighted by Crippen LogP contribution is 2.45. The van der Waals surface area contributed by atoms with E-state index in [2.05, 4.69) is 44.0 Å². The summed E-state index contributed by atoms with van der Waals surface area (Å²) in [6.45, 7) is 5.86. The predicted octanol–water partition coefficient (Wildman–Crippen LogP) is 3.05. The van der Waals surface area contributed by atoms with Crippen molar-refractivity contribution in [3.63, 3.8) is 0 Å². The first-order valence-corrected chi connectivity index (χ1v) is 6.73. The molecule has 19 heavy (non-hydrogen) atoms. The third kappa shape index (κ3) is 3.08. The smallest absolute Gasteiger partial charge is 0.126 e. The Hall–Kier alpha value is -1.53. The van der Waals surface area contributed by atoms with Crippen molar-refractivity contribution >= 4 is 0 Å². The minimum Gasteiger partial charge on any atom is -0.496 e. The lowest BCUT2D eigenvalue weighted by Gasteiger charge is -2.21. The number of nitrogens with zero attached hydrogens (tertiary/aromatic N) is 2. The molecule has 1 aliphatic rings. The molecular weight excluding hydrogens is 236 g/mol. The van der Waals surface area contributed by atoms with Crippen LogP contribution in [0.3, 0.4) is 0 Å². The fourth-order valence-electron chi connectivity index (χ4n) is 2.77. The lowest BCUT2D eigenvalue weighted by molar-refractivity contribution is 0.281. The van der Waals surface area contributed by atoms with E-state index in [1.807, 2.05) is 0 Å². The molecule has 0 aromatic heterocycles. The van der Waals surface area contributed by atoms with Gasteiger partial charge in [-0.15, -0.1) is 0 Å². The van der Waals surface area contributed by atoms with E-state index >= 15 is 0 Å². The van der Waals surface area contributed by atoms with Crippen molar-refractivity contribution in [2.75, 3.05) is 20.7 Å². The summed E-state index contributed by atoms with van der Waals surface area (Å²) in [5.74, 6) is 0.972. The van der Waals surface area contributed by atoms with Gasteiger partial charge < -0.3 is 9.64 Å². The third-order valence-corrected chi connectivity index (χ3v) is 3.80. The van der Waals surface area contributed by atoms with Gasteiger partial charge in [0.05, 0.1) is 18.6 Å². The Bertz CT molecular complexity index is 512. The van der Waals surface area contributed by atoms with Gasteiger partial charge in [0.25, 0.3) is 0 Å². The van der Waals surface area contributed by atoms with Crippen LogP contribution in [0, 0.1) is 30.6 Å². The average Bonchev–Trinajstić information content (AvgIpc) is 3.08. The highest BCUT2D eigenvalue weighted by molar-refractivity contribution is 5.43. The second-order valence-electron chi connectivity index (χ2n) is 5.84. The summed E-state index contributed by atoms with van der Waals surface area (Å²) in [7, 11) is 3.80. The zero-order valence-corrected chi connectivity index (χ0v) is 12.3. The molecule has 0 spiro atoms. The van der Waals surface area contributed by atoms with Gasteiger partial charge in [-0.25, -0.2) is 0 Å². The lowest BCUT2D eigenvalue weighted by atomic mass is 10.0. The maximum atomic E-state index is 9.16. The predicted molar refractivity (Wildman–Crippen MR) is 76.1 cm³/mol. The molecule has 0 saturated heterocycles. The number of rotatable bonds is 5. The van der Waals surface area contributed by atoms with Crippen molar-refractivity contribution in [1.29, 1.82) is 5.26 Å². The number of hydrogen-bond donors (Lipinski definition) is 0. The zero-order chi connectivity index (χ0) is 14.0. The third-order valence-electron chi connectivity index (χ3n) is 3.80. The maximum absolute atomic E-state index is 9.16. The monoisotopic (exact) mass is 258 g/mol. The van der Waals surface area contributed by atoms with E-state index in [0.717, 1.165) is 31.7 Å². The first-order valence-electron chi connectivity index (χ1n) is 6.73. The highest BCUT2D eigenvalue weighted by Gasteiger charge is 2.43. The Labute approximate surface area is 115 Å². The van der Waals surface area contributed by atoms with E-state index in [4.69, 9.17) is 10.00 Å². The molecule has 0 atom stereocenters. The Morgan fingerprint density at radius 2 is 2.05 bits per heavy atom. The van der Waals surface area contributed by atoms with Gasteiger partial charge in [-0.1, -0.05) is 17.7 Å². The van der Waals surface area contributed by atoms with Crippen LogP contribution in [0.1, 0.15) is 29.5 Å². The molecule has 0 unspecified atom stereocenters. The quantitative estimate of drug-likeness (QED) is 0.814. The van der Waals surface area contributed by atoms with Crippen LogP contribution < -0.4 is 4.74 Å². The van der Waals surface area contributed by atoms with Gasteiger partial charge in [-0.2, -0.15) is 5.26 Å². The number of nitriles is 1. The minimum absolute atomic E-state index is 0.0825. The fourth-order valence-corrected chi connectivity index (χ4v) is 2.77. The van der Waals surface area contributed by atoms with Gasteiger partial charge in [0, 0.05) is 18.7 Å². The minimum atomic E-state index is -0.0825. The molecule has 0 N–H and O–H groups in total. The number of methoxy groups -OCH3 is 1. The Balaban J connectivity index is 2.12. The van der Waals surface area contributed by atoms with Crippen molar-refractivity contribution in [3.8, 4) is 11.8 Å². The Morgan fingerprint density at radius 3 is 2.58 bits per heavy atom. The van der Waals surface area contributed by atoms with E-state index in [1.165, 1.54) is 16.7 Å². The molecule has 1 fully saturated rings. The van der Waals surface area contributed by atoms with E-state index in [9.17, 15) is 0 Å². The van der Waals surface area contributed by atoms with Crippen LogP contribution in [0.25, 0.3) is 0 Å². The van der Waals surface area contributed by atoms with Gasteiger partial charge in [-0.3, -0.25) is 0 Å². The summed E-state index contributed by atoms with van der Waals surface area (Å²) < 4.78 is 5.51. The highest BCUT2D eigenvalue weighted by atomic mass is 16.5. The second-order valence-corrected chi connectivity index (χ2v) is 5.84. The van der Waals surface area contributed by atoms with Crippen molar-refractivity contribution < 1.29 is 4.74 Å². The number of ether oxygens (including phenoxy) is 1.